The molecule has 16 heavy (non-hydrogen) atoms. The summed E-state index contributed by atoms with van der Waals surface area (Å²) in [5.41, 5.74) is 6.21. The number of aromatic nitrogens is 1. The fourth-order valence-corrected chi connectivity index (χ4v) is 1.25. The highest BCUT2D eigenvalue weighted by molar-refractivity contribution is 5.77. The van der Waals surface area contributed by atoms with Gasteiger partial charge in [0, 0.05) is 18.9 Å². The van der Waals surface area contributed by atoms with E-state index in [1.807, 2.05) is 19.1 Å². The maximum absolute atomic E-state index is 11.4. The van der Waals surface area contributed by atoms with Crippen LogP contribution >= 0.6 is 0 Å². The van der Waals surface area contributed by atoms with E-state index in [-0.39, 0.29) is 18.6 Å². The number of pyridine rings is 1. The summed E-state index contributed by atoms with van der Waals surface area (Å²) < 4.78 is 5.03. The third kappa shape index (κ3) is 4.37. The zero-order valence-corrected chi connectivity index (χ0v) is 9.35. The fraction of sp³-hybridized carbons (Fsp3) is 0.455. The monoisotopic (exact) mass is 223 g/mol. The highest BCUT2D eigenvalue weighted by Gasteiger charge is 2.08. The number of rotatable bonds is 6. The van der Waals surface area contributed by atoms with Crippen LogP contribution in [0, 0.1) is 0 Å². The minimum atomic E-state index is -0.148. The number of amides is 1. The molecular formula is C11H17N3O2. The molecule has 0 aromatic carbocycles. The van der Waals surface area contributed by atoms with Gasteiger partial charge in [-0.3, -0.25) is 9.78 Å². The minimum Gasteiger partial charge on any atom is -0.370 e. The first-order chi connectivity index (χ1) is 7.74. The van der Waals surface area contributed by atoms with Crippen molar-refractivity contribution in [2.45, 2.75) is 13.0 Å². The minimum absolute atomic E-state index is 0.0435. The average molecular weight is 223 g/mol. The number of carbonyl (C=O) groups is 1. The first-order valence-corrected chi connectivity index (χ1v) is 5.21. The van der Waals surface area contributed by atoms with E-state index < -0.39 is 0 Å². The molecule has 88 valence electrons. The molecule has 5 heteroatoms. The van der Waals surface area contributed by atoms with Crippen molar-refractivity contribution >= 4 is 5.91 Å². The quantitative estimate of drug-likeness (QED) is 0.677. The summed E-state index contributed by atoms with van der Waals surface area (Å²) in [6, 6.07) is 3.68. The first-order valence-electron chi connectivity index (χ1n) is 5.21. The second-order valence-corrected chi connectivity index (χ2v) is 3.42. The Morgan fingerprint density at radius 2 is 2.50 bits per heavy atom. The molecular weight excluding hydrogens is 206 g/mol. The summed E-state index contributed by atoms with van der Waals surface area (Å²) in [7, 11) is 0. The highest BCUT2D eigenvalue weighted by Crippen LogP contribution is 2.09. The average Bonchev–Trinajstić information content (AvgIpc) is 2.30. The Morgan fingerprint density at radius 1 is 1.69 bits per heavy atom. The summed E-state index contributed by atoms with van der Waals surface area (Å²) in [5.74, 6) is -0.148. The van der Waals surface area contributed by atoms with Crippen LogP contribution in [0.3, 0.4) is 0 Å². The second-order valence-electron chi connectivity index (χ2n) is 3.42. The largest absolute Gasteiger partial charge is 0.370 e. The van der Waals surface area contributed by atoms with E-state index in [0.717, 1.165) is 5.56 Å². The Hall–Kier alpha value is -1.46. The van der Waals surface area contributed by atoms with Gasteiger partial charge in [-0.1, -0.05) is 6.07 Å². The lowest BCUT2D eigenvalue weighted by Gasteiger charge is -2.13. The zero-order valence-electron chi connectivity index (χ0n) is 9.35. The number of ether oxygens (including phenoxy) is 1. The molecule has 0 unspecified atom stereocenters. The molecule has 0 saturated carbocycles. The Balaban J connectivity index is 2.34. The van der Waals surface area contributed by atoms with Gasteiger partial charge in [0.15, 0.2) is 0 Å². The van der Waals surface area contributed by atoms with E-state index in [2.05, 4.69) is 10.3 Å². The summed E-state index contributed by atoms with van der Waals surface area (Å²) >= 11 is 0. The SMILES string of the molecule is C[C@H](NC(=O)COCCN)c1cccnc1. The molecule has 1 aromatic heterocycles. The van der Waals surface area contributed by atoms with Gasteiger partial charge >= 0.3 is 0 Å². The van der Waals surface area contributed by atoms with Gasteiger partial charge in [-0.2, -0.15) is 0 Å². The number of nitrogens with two attached hydrogens (primary N) is 1. The predicted molar refractivity (Wildman–Crippen MR) is 60.7 cm³/mol. The molecule has 0 bridgehead atoms. The van der Waals surface area contributed by atoms with Gasteiger partial charge in [-0.15, -0.1) is 0 Å². The number of nitrogens with zero attached hydrogens (tertiary/aromatic N) is 1. The maximum Gasteiger partial charge on any atom is 0.246 e. The molecule has 0 spiro atoms. The van der Waals surface area contributed by atoms with E-state index in [4.69, 9.17) is 10.5 Å². The molecule has 0 aliphatic rings. The smallest absolute Gasteiger partial charge is 0.246 e. The van der Waals surface area contributed by atoms with Gasteiger partial charge in [0.1, 0.15) is 6.61 Å². The van der Waals surface area contributed by atoms with Crippen molar-refractivity contribution in [3.05, 3.63) is 30.1 Å². The molecule has 5 nitrogen and oxygen atoms in total. The van der Waals surface area contributed by atoms with Crippen molar-refractivity contribution < 1.29 is 9.53 Å². The normalized spacial score (nSPS) is 12.1. The highest BCUT2D eigenvalue weighted by atomic mass is 16.5. The molecule has 1 atom stereocenters. The molecule has 1 heterocycles. The maximum atomic E-state index is 11.4. The van der Waals surface area contributed by atoms with Crippen LogP contribution in [0.5, 0.6) is 0 Å². The van der Waals surface area contributed by atoms with E-state index in [0.29, 0.717) is 13.2 Å². The number of hydrogen-bond acceptors (Lipinski definition) is 4. The van der Waals surface area contributed by atoms with Crippen LogP contribution in [0.4, 0.5) is 0 Å². The van der Waals surface area contributed by atoms with Crippen LogP contribution in [0.1, 0.15) is 18.5 Å². The van der Waals surface area contributed by atoms with Crippen molar-refractivity contribution in [3.8, 4) is 0 Å². The Bertz CT molecular complexity index is 316. The van der Waals surface area contributed by atoms with Crippen LogP contribution in [-0.2, 0) is 9.53 Å². The van der Waals surface area contributed by atoms with Gasteiger partial charge < -0.3 is 15.8 Å². The van der Waals surface area contributed by atoms with Crippen molar-refractivity contribution in [1.29, 1.82) is 0 Å². The Kier molecular flexibility index (Phi) is 5.45. The van der Waals surface area contributed by atoms with Crippen molar-refractivity contribution in [1.82, 2.24) is 10.3 Å². The van der Waals surface area contributed by atoms with Crippen molar-refractivity contribution in [2.75, 3.05) is 19.8 Å². The molecule has 0 radical (unpaired) electrons. The second kappa shape index (κ2) is 6.92. The molecule has 3 N–H and O–H groups in total. The molecule has 0 aliphatic carbocycles. The standard InChI is InChI=1S/C11H17N3O2/c1-9(10-3-2-5-13-7-10)14-11(15)8-16-6-4-12/h2-3,5,7,9H,4,6,8,12H2,1H3,(H,14,15)/t9-/m0/s1. The molecule has 0 aliphatic heterocycles. The number of nitrogens with one attached hydrogen (secondary N) is 1. The van der Waals surface area contributed by atoms with Gasteiger partial charge in [0.05, 0.1) is 12.6 Å². The lowest BCUT2D eigenvalue weighted by atomic mass is 10.1. The van der Waals surface area contributed by atoms with E-state index in [1.165, 1.54) is 0 Å². The molecule has 1 rings (SSSR count). The van der Waals surface area contributed by atoms with Crippen LogP contribution in [0.25, 0.3) is 0 Å². The zero-order chi connectivity index (χ0) is 11.8. The third-order valence-electron chi connectivity index (χ3n) is 2.06. The summed E-state index contributed by atoms with van der Waals surface area (Å²) in [6.07, 6.45) is 3.42. The van der Waals surface area contributed by atoms with E-state index >= 15 is 0 Å². The molecule has 0 saturated heterocycles. The van der Waals surface area contributed by atoms with Gasteiger partial charge in [0.25, 0.3) is 0 Å². The predicted octanol–water partition coefficient (Wildman–Crippen LogP) is 0.234. The van der Waals surface area contributed by atoms with E-state index in [9.17, 15) is 4.79 Å². The lowest BCUT2D eigenvalue weighted by Crippen LogP contribution is -2.30. The van der Waals surface area contributed by atoms with Gasteiger partial charge in [-0.05, 0) is 18.6 Å². The topological polar surface area (TPSA) is 77.2 Å². The van der Waals surface area contributed by atoms with Gasteiger partial charge in [-0.25, -0.2) is 0 Å². The van der Waals surface area contributed by atoms with Gasteiger partial charge in [0.2, 0.25) is 5.91 Å². The summed E-state index contributed by atoms with van der Waals surface area (Å²) in [4.78, 5) is 15.4. The molecule has 0 fully saturated rings. The van der Waals surface area contributed by atoms with Crippen molar-refractivity contribution in [3.63, 3.8) is 0 Å². The third-order valence-corrected chi connectivity index (χ3v) is 2.06. The Labute approximate surface area is 95.0 Å². The molecule has 1 aromatic rings. The van der Waals surface area contributed by atoms with Crippen LogP contribution < -0.4 is 11.1 Å². The van der Waals surface area contributed by atoms with Crippen LogP contribution in [0.15, 0.2) is 24.5 Å². The first kappa shape index (κ1) is 12.6. The van der Waals surface area contributed by atoms with Crippen LogP contribution in [-0.4, -0.2) is 30.6 Å². The Morgan fingerprint density at radius 3 is 3.12 bits per heavy atom. The number of carbonyl (C=O) groups excluding carboxylic acids is 1. The van der Waals surface area contributed by atoms with Crippen molar-refractivity contribution in [2.24, 2.45) is 5.73 Å². The molecule has 1 amide bonds. The summed E-state index contributed by atoms with van der Waals surface area (Å²) in [6.45, 7) is 2.76. The number of hydrogen-bond donors (Lipinski definition) is 2. The van der Waals surface area contributed by atoms with E-state index in [1.54, 1.807) is 12.4 Å². The fourth-order valence-electron chi connectivity index (χ4n) is 1.25. The lowest BCUT2D eigenvalue weighted by molar-refractivity contribution is -0.126. The van der Waals surface area contributed by atoms with Crippen LogP contribution in [0.2, 0.25) is 0 Å². The summed E-state index contributed by atoms with van der Waals surface area (Å²) in [5, 5.41) is 2.81.